The summed E-state index contributed by atoms with van der Waals surface area (Å²) in [5.41, 5.74) is 1.01. The molecule has 0 radical (unpaired) electrons. The molecule has 0 aromatic heterocycles. The third-order valence-electron chi connectivity index (χ3n) is 3.45. The first-order chi connectivity index (χ1) is 8.16. The molecule has 1 aliphatic carbocycles. The highest BCUT2D eigenvalue weighted by Crippen LogP contribution is 2.59. The SMILES string of the molecule is CO/C=C1\c2c(F)cc(F)cc2OCC12CC2. The van der Waals surface area contributed by atoms with Crippen molar-refractivity contribution in [2.45, 2.75) is 12.8 Å². The van der Waals surface area contributed by atoms with Crippen LogP contribution in [0.15, 0.2) is 18.4 Å². The Kier molecular flexibility index (Phi) is 2.15. The Labute approximate surface area is 97.8 Å². The van der Waals surface area contributed by atoms with E-state index in [2.05, 4.69) is 0 Å². The van der Waals surface area contributed by atoms with E-state index in [0.29, 0.717) is 12.2 Å². The van der Waals surface area contributed by atoms with Crippen molar-refractivity contribution in [1.29, 1.82) is 0 Å². The van der Waals surface area contributed by atoms with Crippen molar-refractivity contribution in [3.8, 4) is 5.75 Å². The van der Waals surface area contributed by atoms with Crippen LogP contribution in [-0.4, -0.2) is 13.7 Å². The zero-order valence-corrected chi connectivity index (χ0v) is 9.43. The van der Waals surface area contributed by atoms with E-state index in [1.807, 2.05) is 0 Å². The second-order valence-corrected chi connectivity index (χ2v) is 4.60. The monoisotopic (exact) mass is 238 g/mol. The maximum Gasteiger partial charge on any atom is 0.137 e. The van der Waals surface area contributed by atoms with Crippen LogP contribution in [0.1, 0.15) is 18.4 Å². The lowest BCUT2D eigenvalue weighted by molar-refractivity contribution is 0.247. The molecule has 2 nitrogen and oxygen atoms in total. The molecule has 0 atom stereocenters. The third-order valence-corrected chi connectivity index (χ3v) is 3.45. The fourth-order valence-corrected chi connectivity index (χ4v) is 2.35. The van der Waals surface area contributed by atoms with Crippen molar-refractivity contribution in [1.82, 2.24) is 0 Å². The summed E-state index contributed by atoms with van der Waals surface area (Å²) < 4.78 is 37.5. The van der Waals surface area contributed by atoms with Crippen molar-refractivity contribution in [3.63, 3.8) is 0 Å². The van der Waals surface area contributed by atoms with E-state index in [1.54, 1.807) is 6.26 Å². The predicted octanol–water partition coefficient (Wildman–Crippen LogP) is 3.12. The van der Waals surface area contributed by atoms with Gasteiger partial charge in [-0.25, -0.2) is 8.78 Å². The molecule has 1 heterocycles. The van der Waals surface area contributed by atoms with Crippen LogP contribution in [0.4, 0.5) is 8.78 Å². The summed E-state index contributed by atoms with van der Waals surface area (Å²) in [6.45, 7) is 0.470. The average Bonchev–Trinajstić information content (AvgIpc) is 3.03. The Balaban J connectivity index is 2.19. The van der Waals surface area contributed by atoms with Gasteiger partial charge in [0.1, 0.15) is 17.4 Å². The number of rotatable bonds is 1. The second-order valence-electron chi connectivity index (χ2n) is 4.60. The highest BCUT2D eigenvalue weighted by atomic mass is 19.1. The van der Waals surface area contributed by atoms with Crippen LogP contribution in [-0.2, 0) is 4.74 Å². The molecule has 0 amide bonds. The number of benzene rings is 1. The van der Waals surface area contributed by atoms with Gasteiger partial charge >= 0.3 is 0 Å². The third kappa shape index (κ3) is 1.51. The number of ether oxygens (including phenoxy) is 2. The topological polar surface area (TPSA) is 18.5 Å². The molecular formula is C13H12F2O2. The first-order valence-corrected chi connectivity index (χ1v) is 5.52. The molecular weight excluding hydrogens is 226 g/mol. The molecule has 0 unspecified atom stereocenters. The van der Waals surface area contributed by atoms with E-state index < -0.39 is 11.6 Å². The van der Waals surface area contributed by atoms with E-state index in [0.717, 1.165) is 24.5 Å². The summed E-state index contributed by atoms with van der Waals surface area (Å²) in [4.78, 5) is 0. The number of fused-ring (bicyclic) bond motifs is 1. The number of halogens is 2. The smallest absolute Gasteiger partial charge is 0.137 e. The van der Waals surface area contributed by atoms with Crippen LogP contribution in [0, 0.1) is 17.0 Å². The Hall–Kier alpha value is -1.58. The van der Waals surface area contributed by atoms with Gasteiger partial charge < -0.3 is 9.47 Å². The standard InChI is InChI=1S/C13H12F2O2/c1-16-6-9-12-10(15)4-8(14)5-11(12)17-7-13(9)2-3-13/h4-6H,2-3,7H2,1H3/b9-6+. The molecule has 1 aromatic rings. The Morgan fingerprint density at radius 2 is 2.12 bits per heavy atom. The van der Waals surface area contributed by atoms with Crippen LogP contribution in [0.5, 0.6) is 5.75 Å². The minimum absolute atomic E-state index is 0.123. The summed E-state index contributed by atoms with van der Waals surface area (Å²) in [6.07, 6.45) is 3.46. The molecule has 0 N–H and O–H groups in total. The second kappa shape index (κ2) is 3.45. The van der Waals surface area contributed by atoms with Gasteiger partial charge in [0.15, 0.2) is 0 Å². The molecule has 17 heavy (non-hydrogen) atoms. The molecule has 1 spiro atoms. The van der Waals surface area contributed by atoms with Gasteiger partial charge in [-0.2, -0.15) is 0 Å². The van der Waals surface area contributed by atoms with Gasteiger partial charge in [-0.1, -0.05) is 0 Å². The quantitative estimate of drug-likeness (QED) is 0.700. The van der Waals surface area contributed by atoms with Gasteiger partial charge in [-0.15, -0.1) is 0 Å². The van der Waals surface area contributed by atoms with Crippen molar-refractivity contribution >= 4 is 5.57 Å². The van der Waals surface area contributed by atoms with Gasteiger partial charge in [0.25, 0.3) is 0 Å². The Morgan fingerprint density at radius 3 is 2.76 bits per heavy atom. The lowest BCUT2D eigenvalue weighted by Gasteiger charge is -2.28. The van der Waals surface area contributed by atoms with Crippen LogP contribution >= 0.6 is 0 Å². The maximum atomic E-state index is 13.9. The summed E-state index contributed by atoms with van der Waals surface area (Å²) in [5.74, 6) is -0.942. The van der Waals surface area contributed by atoms with Gasteiger partial charge in [0, 0.05) is 23.1 Å². The average molecular weight is 238 g/mol. The van der Waals surface area contributed by atoms with Gasteiger partial charge in [0.2, 0.25) is 0 Å². The number of methoxy groups -OCH3 is 1. The van der Waals surface area contributed by atoms with Crippen molar-refractivity contribution < 1.29 is 18.3 Å². The van der Waals surface area contributed by atoms with Crippen LogP contribution in [0.3, 0.4) is 0 Å². The summed E-state index contributed by atoms with van der Waals surface area (Å²) in [5, 5.41) is 0. The highest BCUT2D eigenvalue weighted by molar-refractivity contribution is 5.78. The zero-order valence-electron chi connectivity index (χ0n) is 9.43. The molecule has 2 aliphatic rings. The van der Waals surface area contributed by atoms with Crippen LogP contribution in [0.2, 0.25) is 0 Å². The molecule has 3 rings (SSSR count). The number of hydrogen-bond donors (Lipinski definition) is 0. The van der Waals surface area contributed by atoms with E-state index in [-0.39, 0.29) is 11.2 Å². The van der Waals surface area contributed by atoms with Gasteiger partial charge in [-0.05, 0) is 12.8 Å². The molecule has 0 saturated heterocycles. The van der Waals surface area contributed by atoms with Gasteiger partial charge in [0.05, 0.1) is 25.5 Å². The summed E-state index contributed by atoms with van der Waals surface area (Å²) in [7, 11) is 1.53. The minimum atomic E-state index is -0.621. The predicted molar refractivity (Wildman–Crippen MR) is 58.5 cm³/mol. The van der Waals surface area contributed by atoms with E-state index in [1.165, 1.54) is 13.2 Å². The van der Waals surface area contributed by atoms with E-state index in [4.69, 9.17) is 9.47 Å². The zero-order chi connectivity index (χ0) is 12.0. The Morgan fingerprint density at radius 1 is 1.35 bits per heavy atom. The molecule has 1 aliphatic heterocycles. The van der Waals surface area contributed by atoms with Crippen molar-refractivity contribution in [2.24, 2.45) is 5.41 Å². The largest absolute Gasteiger partial charge is 0.504 e. The van der Waals surface area contributed by atoms with E-state index in [9.17, 15) is 8.78 Å². The minimum Gasteiger partial charge on any atom is -0.504 e. The maximum absolute atomic E-state index is 13.9. The van der Waals surface area contributed by atoms with E-state index >= 15 is 0 Å². The fourth-order valence-electron chi connectivity index (χ4n) is 2.35. The molecule has 0 bridgehead atoms. The molecule has 90 valence electrons. The lowest BCUT2D eigenvalue weighted by atomic mass is 9.88. The first-order valence-electron chi connectivity index (χ1n) is 5.52. The normalized spacial score (nSPS) is 22.2. The first kappa shape index (κ1) is 10.6. The molecule has 4 heteroatoms. The fraction of sp³-hybridized carbons (Fsp3) is 0.385. The molecule has 1 fully saturated rings. The van der Waals surface area contributed by atoms with Gasteiger partial charge in [-0.3, -0.25) is 0 Å². The number of hydrogen-bond acceptors (Lipinski definition) is 2. The van der Waals surface area contributed by atoms with Crippen molar-refractivity contribution in [3.05, 3.63) is 35.6 Å². The Bertz CT molecular complexity index is 504. The van der Waals surface area contributed by atoms with Crippen molar-refractivity contribution in [2.75, 3.05) is 13.7 Å². The molecule has 1 saturated carbocycles. The summed E-state index contributed by atoms with van der Waals surface area (Å²) >= 11 is 0. The summed E-state index contributed by atoms with van der Waals surface area (Å²) in [6, 6.07) is 2.10. The highest BCUT2D eigenvalue weighted by Gasteiger charge is 2.51. The molecule has 1 aromatic carbocycles. The lowest BCUT2D eigenvalue weighted by Crippen LogP contribution is -2.22. The van der Waals surface area contributed by atoms with Crippen LogP contribution < -0.4 is 4.74 Å². The van der Waals surface area contributed by atoms with Crippen LogP contribution in [0.25, 0.3) is 5.57 Å².